The summed E-state index contributed by atoms with van der Waals surface area (Å²) in [6, 6.07) is 3.28. The first-order valence-corrected chi connectivity index (χ1v) is 7.47. The van der Waals surface area contributed by atoms with Crippen LogP contribution in [0.3, 0.4) is 0 Å². The standard InChI is InChI=1S/C13H16N2O4S/c1-3-5-9(4-2)15-12-7-6-10(20(14,18)19)8-11(12)13(16)17/h2,6-9,15H,3,5H2,1H3,(H,16,17)(H2,14,18,19). The number of nitrogens with two attached hydrogens (primary N) is 1. The van der Waals surface area contributed by atoms with E-state index in [0.29, 0.717) is 6.42 Å². The van der Waals surface area contributed by atoms with Crippen LogP contribution in [0.2, 0.25) is 0 Å². The van der Waals surface area contributed by atoms with Crippen molar-refractivity contribution in [3.63, 3.8) is 0 Å². The molecule has 0 aliphatic rings. The van der Waals surface area contributed by atoms with Gasteiger partial charge in [-0.25, -0.2) is 18.4 Å². The molecule has 1 unspecified atom stereocenters. The summed E-state index contributed by atoms with van der Waals surface area (Å²) in [4.78, 5) is 10.9. The van der Waals surface area contributed by atoms with Gasteiger partial charge in [0.15, 0.2) is 0 Å². The smallest absolute Gasteiger partial charge is 0.337 e. The number of rotatable bonds is 6. The highest BCUT2D eigenvalue weighted by molar-refractivity contribution is 7.89. The Bertz CT molecular complexity index is 647. The average molecular weight is 296 g/mol. The van der Waals surface area contributed by atoms with Crippen molar-refractivity contribution in [1.29, 1.82) is 0 Å². The van der Waals surface area contributed by atoms with E-state index in [9.17, 15) is 13.2 Å². The fourth-order valence-electron chi connectivity index (χ4n) is 1.68. The van der Waals surface area contributed by atoms with Crippen molar-refractivity contribution in [3.05, 3.63) is 23.8 Å². The Balaban J connectivity index is 3.21. The number of carboxylic acids is 1. The molecule has 108 valence electrons. The number of carbonyl (C=O) groups is 1. The van der Waals surface area contributed by atoms with Crippen molar-refractivity contribution < 1.29 is 18.3 Å². The van der Waals surface area contributed by atoms with Crippen molar-refractivity contribution in [1.82, 2.24) is 0 Å². The van der Waals surface area contributed by atoms with Crippen LogP contribution in [0, 0.1) is 12.3 Å². The van der Waals surface area contributed by atoms with Crippen LogP contribution in [0.15, 0.2) is 23.1 Å². The summed E-state index contributed by atoms with van der Waals surface area (Å²) < 4.78 is 22.5. The maximum Gasteiger partial charge on any atom is 0.337 e. The second kappa shape index (κ2) is 6.41. The van der Waals surface area contributed by atoms with Crippen LogP contribution in [-0.2, 0) is 10.0 Å². The van der Waals surface area contributed by atoms with E-state index >= 15 is 0 Å². The highest BCUT2D eigenvalue weighted by atomic mass is 32.2. The monoisotopic (exact) mass is 296 g/mol. The van der Waals surface area contributed by atoms with E-state index in [0.717, 1.165) is 12.5 Å². The Morgan fingerprint density at radius 2 is 2.20 bits per heavy atom. The minimum absolute atomic E-state index is 0.187. The van der Waals surface area contributed by atoms with Crippen LogP contribution >= 0.6 is 0 Å². The van der Waals surface area contributed by atoms with Gasteiger partial charge in [0, 0.05) is 5.69 Å². The molecular weight excluding hydrogens is 280 g/mol. The third-order valence-corrected chi connectivity index (χ3v) is 3.57. The first-order valence-electron chi connectivity index (χ1n) is 5.92. The molecule has 1 rings (SSSR count). The number of nitrogens with one attached hydrogen (secondary N) is 1. The fraction of sp³-hybridized carbons (Fsp3) is 0.308. The number of anilines is 1. The van der Waals surface area contributed by atoms with Gasteiger partial charge in [-0.2, -0.15) is 0 Å². The highest BCUT2D eigenvalue weighted by Gasteiger charge is 2.17. The first-order chi connectivity index (χ1) is 9.29. The van der Waals surface area contributed by atoms with Crippen molar-refractivity contribution in [2.45, 2.75) is 30.7 Å². The lowest BCUT2D eigenvalue weighted by Gasteiger charge is -2.16. The number of hydrogen-bond acceptors (Lipinski definition) is 4. The van der Waals surface area contributed by atoms with E-state index in [1.165, 1.54) is 12.1 Å². The van der Waals surface area contributed by atoms with Crippen LogP contribution < -0.4 is 10.5 Å². The molecule has 4 N–H and O–H groups in total. The van der Waals surface area contributed by atoms with Crippen molar-refractivity contribution in [3.8, 4) is 12.3 Å². The second-order valence-corrected chi connectivity index (χ2v) is 5.77. The Labute approximate surface area is 118 Å². The molecule has 6 nitrogen and oxygen atoms in total. The molecule has 20 heavy (non-hydrogen) atoms. The molecule has 0 saturated heterocycles. The summed E-state index contributed by atoms with van der Waals surface area (Å²) in [5.74, 6) is 1.26. The topological polar surface area (TPSA) is 109 Å². The number of terminal acetylenes is 1. The van der Waals surface area contributed by atoms with E-state index in [2.05, 4.69) is 11.2 Å². The van der Waals surface area contributed by atoms with Gasteiger partial charge in [-0.1, -0.05) is 19.3 Å². The molecular formula is C13H16N2O4S. The summed E-state index contributed by atoms with van der Waals surface area (Å²) in [5.41, 5.74) is 0.0779. The third-order valence-electron chi connectivity index (χ3n) is 2.66. The fourth-order valence-corrected chi connectivity index (χ4v) is 2.22. The van der Waals surface area contributed by atoms with Crippen molar-refractivity contribution in [2.75, 3.05) is 5.32 Å². The Morgan fingerprint density at radius 3 is 2.65 bits per heavy atom. The number of sulfonamides is 1. The van der Waals surface area contributed by atoms with Gasteiger partial charge in [-0.15, -0.1) is 6.42 Å². The molecule has 1 aromatic carbocycles. The van der Waals surface area contributed by atoms with E-state index in [4.69, 9.17) is 16.7 Å². The Kier molecular flexibility index (Phi) is 5.13. The Hall–Kier alpha value is -2.04. The number of primary sulfonamides is 1. The number of hydrogen-bond donors (Lipinski definition) is 3. The van der Waals surface area contributed by atoms with Crippen molar-refractivity contribution >= 4 is 21.7 Å². The summed E-state index contributed by atoms with van der Waals surface area (Å²) >= 11 is 0. The lowest BCUT2D eigenvalue weighted by molar-refractivity contribution is 0.0697. The molecule has 0 amide bonds. The normalized spacial score (nSPS) is 12.4. The van der Waals surface area contributed by atoms with Crippen molar-refractivity contribution in [2.24, 2.45) is 5.14 Å². The lowest BCUT2D eigenvalue weighted by Crippen LogP contribution is -2.20. The van der Waals surface area contributed by atoms with Gasteiger partial charge < -0.3 is 10.4 Å². The zero-order chi connectivity index (χ0) is 15.3. The van der Waals surface area contributed by atoms with Gasteiger partial charge in [0.2, 0.25) is 10.0 Å². The minimum Gasteiger partial charge on any atom is -0.478 e. The molecule has 0 bridgehead atoms. The molecule has 0 aliphatic carbocycles. The molecule has 0 aliphatic heterocycles. The summed E-state index contributed by atoms with van der Waals surface area (Å²) in [6.45, 7) is 1.95. The van der Waals surface area contributed by atoms with E-state index in [1.807, 2.05) is 6.92 Å². The van der Waals surface area contributed by atoms with Gasteiger partial charge in [0.25, 0.3) is 0 Å². The zero-order valence-corrected chi connectivity index (χ0v) is 11.8. The third kappa shape index (κ3) is 3.98. The minimum atomic E-state index is -3.95. The van der Waals surface area contributed by atoms with Gasteiger partial charge >= 0.3 is 5.97 Å². The van der Waals surface area contributed by atoms with Gasteiger partial charge in [-0.05, 0) is 24.6 Å². The number of carboxylic acid groups (broad SMARTS) is 1. The quantitative estimate of drug-likeness (QED) is 0.684. The largest absolute Gasteiger partial charge is 0.478 e. The maximum atomic E-state index is 11.2. The van der Waals surface area contributed by atoms with Gasteiger partial charge in [-0.3, -0.25) is 0 Å². The van der Waals surface area contributed by atoms with E-state index in [-0.39, 0.29) is 22.2 Å². The summed E-state index contributed by atoms with van der Waals surface area (Å²) in [7, 11) is -3.95. The highest BCUT2D eigenvalue weighted by Crippen LogP contribution is 2.21. The van der Waals surface area contributed by atoms with Crippen LogP contribution in [0.1, 0.15) is 30.1 Å². The van der Waals surface area contributed by atoms with Crippen LogP contribution in [-0.4, -0.2) is 25.5 Å². The predicted octanol–water partition coefficient (Wildman–Crippen LogP) is 1.25. The second-order valence-electron chi connectivity index (χ2n) is 4.21. The van der Waals surface area contributed by atoms with E-state index < -0.39 is 16.0 Å². The lowest BCUT2D eigenvalue weighted by atomic mass is 10.1. The summed E-state index contributed by atoms with van der Waals surface area (Å²) in [5, 5.41) is 17.0. The molecule has 0 aromatic heterocycles. The molecule has 1 atom stereocenters. The van der Waals surface area contributed by atoms with Gasteiger partial charge in [0.05, 0.1) is 16.5 Å². The predicted molar refractivity (Wildman–Crippen MR) is 75.9 cm³/mol. The number of aromatic carboxylic acids is 1. The van der Waals surface area contributed by atoms with Crippen LogP contribution in [0.4, 0.5) is 5.69 Å². The molecule has 0 saturated carbocycles. The first kappa shape index (κ1) is 16.0. The van der Waals surface area contributed by atoms with Gasteiger partial charge in [0.1, 0.15) is 0 Å². The van der Waals surface area contributed by atoms with Crippen LogP contribution in [0.5, 0.6) is 0 Å². The zero-order valence-electron chi connectivity index (χ0n) is 11.0. The molecule has 7 heteroatoms. The molecule has 0 radical (unpaired) electrons. The SMILES string of the molecule is C#CC(CCC)Nc1ccc(S(N)(=O)=O)cc1C(=O)O. The van der Waals surface area contributed by atoms with E-state index in [1.54, 1.807) is 0 Å². The molecule has 1 aromatic rings. The summed E-state index contributed by atoms with van der Waals surface area (Å²) in [6.07, 6.45) is 6.86. The van der Waals surface area contributed by atoms with Crippen LogP contribution in [0.25, 0.3) is 0 Å². The maximum absolute atomic E-state index is 11.2. The molecule has 0 heterocycles. The average Bonchev–Trinajstić information content (AvgIpc) is 2.36. The molecule has 0 spiro atoms. The number of benzene rings is 1. The Morgan fingerprint density at radius 1 is 1.55 bits per heavy atom. The molecule has 0 fully saturated rings.